The molecule has 0 saturated heterocycles. The molecule has 4 nitrogen and oxygen atoms in total. The summed E-state index contributed by atoms with van der Waals surface area (Å²) in [5.74, 6) is 4.05. The molecular formula is C21H19N3O. The minimum atomic E-state index is -0.0843. The average Bonchev–Trinajstić information content (AvgIpc) is 2.61. The molecule has 3 rings (SSSR count). The molecule has 0 amide bonds. The second kappa shape index (κ2) is 7.56. The van der Waals surface area contributed by atoms with E-state index in [0.717, 1.165) is 22.2 Å². The molecule has 4 heteroatoms. The lowest BCUT2D eigenvalue weighted by molar-refractivity contribution is 0.335. The van der Waals surface area contributed by atoms with Crippen molar-refractivity contribution in [1.29, 1.82) is 0 Å². The zero-order valence-electron chi connectivity index (χ0n) is 14.3. The summed E-state index contributed by atoms with van der Waals surface area (Å²) in [6.07, 6.45) is 8.90. The number of hydrogen-bond acceptors (Lipinski definition) is 4. The van der Waals surface area contributed by atoms with Crippen LogP contribution in [0.15, 0.2) is 82.8 Å². The molecule has 1 aliphatic heterocycles. The number of pyridine rings is 1. The van der Waals surface area contributed by atoms with Crippen LogP contribution >= 0.6 is 0 Å². The van der Waals surface area contributed by atoms with Crippen molar-refractivity contribution in [2.45, 2.75) is 19.9 Å². The summed E-state index contributed by atoms with van der Waals surface area (Å²) in [4.78, 5) is 13.4. The molecule has 0 fully saturated rings. The van der Waals surface area contributed by atoms with Gasteiger partial charge < -0.3 is 4.74 Å². The van der Waals surface area contributed by atoms with Crippen molar-refractivity contribution in [3.8, 4) is 0 Å². The predicted molar refractivity (Wildman–Crippen MR) is 104 cm³/mol. The van der Waals surface area contributed by atoms with Gasteiger partial charge in [-0.05, 0) is 43.3 Å². The molecule has 0 spiro atoms. The largest absolute Gasteiger partial charge is 0.461 e. The van der Waals surface area contributed by atoms with Crippen molar-refractivity contribution < 1.29 is 4.74 Å². The molecule has 1 atom stereocenters. The van der Waals surface area contributed by atoms with Gasteiger partial charge in [0.2, 0.25) is 0 Å². The Morgan fingerprint density at radius 2 is 2.00 bits per heavy atom. The predicted octanol–water partition coefficient (Wildman–Crippen LogP) is 4.71. The Hall–Kier alpha value is -3.23. The van der Waals surface area contributed by atoms with Crippen LogP contribution in [0, 0.1) is 0 Å². The van der Waals surface area contributed by atoms with Gasteiger partial charge in [0.05, 0.1) is 23.6 Å². The quantitative estimate of drug-likeness (QED) is 0.761. The highest BCUT2D eigenvalue weighted by atomic mass is 16.5. The van der Waals surface area contributed by atoms with Crippen molar-refractivity contribution in [3.05, 3.63) is 78.5 Å². The number of benzene rings is 1. The summed E-state index contributed by atoms with van der Waals surface area (Å²) >= 11 is 0. The van der Waals surface area contributed by atoms with Crippen LogP contribution in [0.2, 0.25) is 0 Å². The number of nitrogens with zero attached hydrogens (tertiary/aromatic N) is 3. The van der Waals surface area contributed by atoms with Crippen LogP contribution in [0.1, 0.15) is 19.5 Å². The SMILES string of the molecule is C=C1C=N/C(c2cc3ccccc3cn2)=C\C(C)N=C=C/C=C(\C)O1. The van der Waals surface area contributed by atoms with Crippen molar-refractivity contribution in [3.63, 3.8) is 0 Å². The first-order chi connectivity index (χ1) is 12.1. The smallest absolute Gasteiger partial charge is 0.138 e. The van der Waals surface area contributed by atoms with E-state index in [4.69, 9.17) is 4.74 Å². The van der Waals surface area contributed by atoms with Crippen molar-refractivity contribution in [2.75, 3.05) is 0 Å². The average molecular weight is 329 g/mol. The molecular weight excluding hydrogens is 310 g/mol. The molecule has 2 heterocycles. The summed E-state index contributed by atoms with van der Waals surface area (Å²) in [6, 6.07) is 10.0. The third-order valence-electron chi connectivity index (χ3n) is 3.60. The fraction of sp³-hybridized carbons (Fsp3) is 0.143. The van der Waals surface area contributed by atoms with Crippen molar-refractivity contribution in [1.82, 2.24) is 4.98 Å². The third-order valence-corrected chi connectivity index (χ3v) is 3.60. The summed E-state index contributed by atoms with van der Waals surface area (Å²) in [5, 5.41) is 2.20. The molecule has 1 aliphatic rings. The van der Waals surface area contributed by atoms with E-state index >= 15 is 0 Å². The molecule has 2 aromatic rings. The Kier molecular flexibility index (Phi) is 5.03. The van der Waals surface area contributed by atoms with Gasteiger partial charge in [-0.15, -0.1) is 0 Å². The monoisotopic (exact) mass is 329 g/mol. The van der Waals surface area contributed by atoms with Crippen LogP contribution in [-0.4, -0.2) is 23.1 Å². The maximum Gasteiger partial charge on any atom is 0.138 e. The Morgan fingerprint density at radius 3 is 2.84 bits per heavy atom. The first kappa shape index (κ1) is 16.6. The number of rotatable bonds is 1. The van der Waals surface area contributed by atoms with Crippen LogP contribution in [-0.2, 0) is 4.74 Å². The fourth-order valence-electron chi connectivity index (χ4n) is 2.41. The van der Waals surface area contributed by atoms with Crippen LogP contribution in [0.5, 0.6) is 0 Å². The molecule has 0 saturated carbocycles. The number of fused-ring (bicyclic) bond motifs is 1. The maximum absolute atomic E-state index is 5.56. The lowest BCUT2D eigenvalue weighted by Gasteiger charge is -2.08. The van der Waals surface area contributed by atoms with Crippen LogP contribution in [0.25, 0.3) is 16.5 Å². The number of aliphatic imine (C=N–C) groups is 2. The molecule has 0 N–H and O–H groups in total. The molecule has 1 unspecified atom stereocenters. The number of allylic oxidation sites excluding steroid dienone is 4. The second-order valence-corrected chi connectivity index (χ2v) is 5.74. The van der Waals surface area contributed by atoms with Crippen molar-refractivity contribution in [2.24, 2.45) is 9.98 Å². The normalized spacial score (nSPS) is 22.3. The lowest BCUT2D eigenvalue weighted by atomic mass is 10.1. The van der Waals surface area contributed by atoms with E-state index < -0.39 is 0 Å². The highest BCUT2D eigenvalue weighted by molar-refractivity contribution is 5.87. The number of aromatic nitrogens is 1. The molecule has 25 heavy (non-hydrogen) atoms. The molecule has 1 aromatic carbocycles. The van der Waals surface area contributed by atoms with Crippen LogP contribution in [0.4, 0.5) is 0 Å². The Balaban J connectivity index is 2.05. The van der Waals surface area contributed by atoms with Crippen LogP contribution < -0.4 is 0 Å². The minimum Gasteiger partial charge on any atom is -0.461 e. The molecule has 1 aromatic heterocycles. The summed E-state index contributed by atoms with van der Waals surface area (Å²) in [7, 11) is 0. The van der Waals surface area contributed by atoms with E-state index in [-0.39, 0.29) is 6.04 Å². The van der Waals surface area contributed by atoms with Gasteiger partial charge in [-0.1, -0.05) is 30.8 Å². The standard InChI is InChI=1S/C21H19N3O/c1-15-11-20(21-12-18-8-4-5-9-19(18)14-24-21)23-13-17(3)25-16(2)7-6-10-22-15/h4-9,11-15H,3H2,1-2H3/b16-7+,20-11-,23-13?. The van der Waals surface area contributed by atoms with E-state index in [0.29, 0.717) is 11.5 Å². The Labute approximate surface area is 147 Å². The van der Waals surface area contributed by atoms with Gasteiger partial charge in [0.25, 0.3) is 0 Å². The van der Waals surface area contributed by atoms with Gasteiger partial charge in [-0.25, -0.2) is 4.99 Å². The van der Waals surface area contributed by atoms with E-state index in [1.807, 2.05) is 50.4 Å². The van der Waals surface area contributed by atoms with E-state index in [1.54, 1.807) is 18.4 Å². The number of hydrogen-bond donors (Lipinski definition) is 0. The Bertz CT molecular complexity index is 960. The zero-order valence-corrected chi connectivity index (χ0v) is 14.3. The van der Waals surface area contributed by atoms with Crippen LogP contribution in [0.3, 0.4) is 0 Å². The summed E-state index contributed by atoms with van der Waals surface area (Å²) in [6.45, 7) is 7.69. The summed E-state index contributed by atoms with van der Waals surface area (Å²) < 4.78 is 5.56. The van der Waals surface area contributed by atoms with Gasteiger partial charge in [-0.2, -0.15) is 0 Å². The maximum atomic E-state index is 5.56. The van der Waals surface area contributed by atoms with E-state index in [1.165, 1.54) is 0 Å². The fourth-order valence-corrected chi connectivity index (χ4v) is 2.41. The third kappa shape index (κ3) is 4.40. The summed E-state index contributed by atoms with van der Waals surface area (Å²) in [5.41, 5.74) is 1.49. The van der Waals surface area contributed by atoms with Gasteiger partial charge in [0.1, 0.15) is 11.5 Å². The highest BCUT2D eigenvalue weighted by Crippen LogP contribution is 2.21. The van der Waals surface area contributed by atoms with Crippen molar-refractivity contribution >= 4 is 28.6 Å². The molecule has 124 valence electrons. The molecule has 0 radical (unpaired) electrons. The lowest BCUT2D eigenvalue weighted by Crippen LogP contribution is -1.98. The van der Waals surface area contributed by atoms with E-state index in [9.17, 15) is 0 Å². The second-order valence-electron chi connectivity index (χ2n) is 5.74. The minimum absolute atomic E-state index is 0.0843. The van der Waals surface area contributed by atoms with Gasteiger partial charge in [0, 0.05) is 17.7 Å². The first-order valence-electron chi connectivity index (χ1n) is 8.05. The highest BCUT2D eigenvalue weighted by Gasteiger charge is 2.06. The number of ether oxygens (including phenoxy) is 1. The van der Waals surface area contributed by atoms with Gasteiger partial charge >= 0.3 is 0 Å². The van der Waals surface area contributed by atoms with Gasteiger partial charge in [0.15, 0.2) is 0 Å². The van der Waals surface area contributed by atoms with Gasteiger partial charge in [-0.3, -0.25) is 9.98 Å². The van der Waals surface area contributed by atoms with E-state index in [2.05, 4.69) is 33.5 Å². The zero-order chi connectivity index (χ0) is 17.6. The molecule has 0 aliphatic carbocycles. The molecule has 0 bridgehead atoms. The topological polar surface area (TPSA) is 46.8 Å². The Morgan fingerprint density at radius 1 is 1.20 bits per heavy atom. The first-order valence-corrected chi connectivity index (χ1v) is 8.05.